The highest BCUT2D eigenvalue weighted by atomic mass is 16.5. The summed E-state index contributed by atoms with van der Waals surface area (Å²) in [6.07, 6.45) is 0. The summed E-state index contributed by atoms with van der Waals surface area (Å²) < 4.78 is 5.10. The van der Waals surface area contributed by atoms with Gasteiger partial charge in [0.05, 0.1) is 19.3 Å². The zero-order valence-electron chi connectivity index (χ0n) is 12.8. The molecule has 0 fully saturated rings. The Hall–Kier alpha value is -1.59. The molecule has 0 radical (unpaired) electrons. The number of amides is 1. The van der Waals surface area contributed by atoms with Gasteiger partial charge in [0.1, 0.15) is 5.75 Å². The quantitative estimate of drug-likeness (QED) is 0.743. The van der Waals surface area contributed by atoms with Crippen LogP contribution < -0.4 is 15.4 Å². The molecule has 1 rings (SSSR count). The summed E-state index contributed by atoms with van der Waals surface area (Å²) in [6.45, 7) is 7.24. The molecule has 0 saturated heterocycles. The third kappa shape index (κ3) is 4.51. The number of nitrogens with one attached hydrogen (secondary N) is 2. The van der Waals surface area contributed by atoms with Gasteiger partial charge in [0, 0.05) is 17.3 Å². The fourth-order valence-corrected chi connectivity index (χ4v) is 1.42. The standard InChI is InChI=1S/C15H24N2O3/c1-14(2,15(3,4)19)16-10-13(18)17-11-7-6-8-12(9-11)20-5/h6-9,16,19H,10H2,1-5H3,(H,17,18). The molecule has 0 aliphatic carbocycles. The van der Waals surface area contributed by atoms with Crippen LogP contribution in [-0.2, 0) is 4.79 Å². The Morgan fingerprint density at radius 3 is 2.50 bits per heavy atom. The van der Waals surface area contributed by atoms with E-state index in [0.29, 0.717) is 11.4 Å². The van der Waals surface area contributed by atoms with Crippen molar-refractivity contribution in [3.63, 3.8) is 0 Å². The van der Waals surface area contributed by atoms with E-state index < -0.39 is 11.1 Å². The number of hydrogen-bond donors (Lipinski definition) is 3. The van der Waals surface area contributed by atoms with Crippen LogP contribution in [0, 0.1) is 0 Å². The predicted molar refractivity (Wildman–Crippen MR) is 80.0 cm³/mol. The summed E-state index contributed by atoms with van der Waals surface area (Å²) in [4.78, 5) is 11.9. The topological polar surface area (TPSA) is 70.6 Å². The molecule has 1 aromatic carbocycles. The van der Waals surface area contributed by atoms with Crippen LogP contribution in [0.5, 0.6) is 5.75 Å². The molecule has 1 amide bonds. The van der Waals surface area contributed by atoms with Crippen molar-refractivity contribution >= 4 is 11.6 Å². The SMILES string of the molecule is COc1cccc(NC(=O)CNC(C)(C)C(C)(C)O)c1. The number of carbonyl (C=O) groups is 1. The maximum Gasteiger partial charge on any atom is 0.238 e. The average molecular weight is 280 g/mol. The van der Waals surface area contributed by atoms with E-state index in [1.807, 2.05) is 26.0 Å². The molecule has 112 valence electrons. The third-order valence-corrected chi connectivity index (χ3v) is 3.57. The number of carbonyl (C=O) groups excluding carboxylic acids is 1. The number of anilines is 1. The minimum atomic E-state index is -0.927. The molecule has 0 bridgehead atoms. The van der Waals surface area contributed by atoms with Crippen LogP contribution in [0.2, 0.25) is 0 Å². The van der Waals surface area contributed by atoms with E-state index in [-0.39, 0.29) is 12.5 Å². The van der Waals surface area contributed by atoms with Gasteiger partial charge >= 0.3 is 0 Å². The van der Waals surface area contributed by atoms with E-state index in [4.69, 9.17) is 4.74 Å². The zero-order valence-corrected chi connectivity index (χ0v) is 12.8. The molecule has 0 aliphatic heterocycles. The molecule has 1 aromatic rings. The predicted octanol–water partition coefficient (Wildman–Crippen LogP) is 1.77. The Morgan fingerprint density at radius 2 is 1.95 bits per heavy atom. The Kier molecular flexibility index (Phi) is 5.14. The molecular formula is C15H24N2O3. The van der Waals surface area contributed by atoms with Crippen molar-refractivity contribution in [3.05, 3.63) is 24.3 Å². The fourth-order valence-electron chi connectivity index (χ4n) is 1.42. The van der Waals surface area contributed by atoms with Crippen molar-refractivity contribution in [2.45, 2.75) is 38.8 Å². The largest absolute Gasteiger partial charge is 0.497 e. The molecule has 0 spiro atoms. The van der Waals surface area contributed by atoms with Crippen LogP contribution in [0.25, 0.3) is 0 Å². The Morgan fingerprint density at radius 1 is 1.30 bits per heavy atom. The first-order valence-corrected chi connectivity index (χ1v) is 6.57. The van der Waals surface area contributed by atoms with Crippen molar-refractivity contribution < 1.29 is 14.6 Å². The zero-order chi connectivity index (χ0) is 15.4. The maximum absolute atomic E-state index is 11.9. The number of ether oxygens (including phenoxy) is 1. The monoisotopic (exact) mass is 280 g/mol. The summed E-state index contributed by atoms with van der Waals surface area (Å²) in [5.74, 6) is 0.517. The van der Waals surface area contributed by atoms with Gasteiger partial charge in [0.15, 0.2) is 0 Å². The normalized spacial score (nSPS) is 12.1. The van der Waals surface area contributed by atoms with Crippen molar-refractivity contribution in [2.75, 3.05) is 19.0 Å². The fraction of sp³-hybridized carbons (Fsp3) is 0.533. The van der Waals surface area contributed by atoms with Crippen LogP contribution >= 0.6 is 0 Å². The first kappa shape index (κ1) is 16.5. The van der Waals surface area contributed by atoms with E-state index in [0.717, 1.165) is 0 Å². The van der Waals surface area contributed by atoms with E-state index in [2.05, 4.69) is 10.6 Å². The molecule has 0 heterocycles. The Bertz CT molecular complexity index is 464. The smallest absolute Gasteiger partial charge is 0.238 e. The molecule has 5 nitrogen and oxygen atoms in total. The molecule has 20 heavy (non-hydrogen) atoms. The molecule has 5 heteroatoms. The Balaban J connectivity index is 2.56. The second-order valence-electron chi connectivity index (χ2n) is 5.82. The molecule has 0 aliphatic rings. The van der Waals surface area contributed by atoms with Crippen LogP contribution in [-0.4, -0.2) is 35.8 Å². The van der Waals surface area contributed by atoms with Gasteiger partial charge in [-0.05, 0) is 39.8 Å². The number of hydrogen-bond acceptors (Lipinski definition) is 4. The summed E-state index contributed by atoms with van der Waals surface area (Å²) in [5, 5.41) is 15.8. The summed E-state index contributed by atoms with van der Waals surface area (Å²) >= 11 is 0. The molecule has 0 aromatic heterocycles. The highest BCUT2D eigenvalue weighted by Gasteiger charge is 2.34. The van der Waals surface area contributed by atoms with Crippen molar-refractivity contribution in [2.24, 2.45) is 0 Å². The van der Waals surface area contributed by atoms with Crippen LogP contribution in [0.3, 0.4) is 0 Å². The van der Waals surface area contributed by atoms with Crippen molar-refractivity contribution in [1.82, 2.24) is 5.32 Å². The van der Waals surface area contributed by atoms with Crippen LogP contribution in [0.15, 0.2) is 24.3 Å². The van der Waals surface area contributed by atoms with E-state index in [1.165, 1.54) is 0 Å². The van der Waals surface area contributed by atoms with Gasteiger partial charge in [-0.25, -0.2) is 0 Å². The van der Waals surface area contributed by atoms with Gasteiger partial charge in [0.25, 0.3) is 0 Å². The highest BCUT2D eigenvalue weighted by molar-refractivity contribution is 5.92. The van der Waals surface area contributed by atoms with E-state index in [9.17, 15) is 9.90 Å². The number of aliphatic hydroxyl groups is 1. The maximum atomic E-state index is 11.9. The minimum absolute atomic E-state index is 0.119. The van der Waals surface area contributed by atoms with E-state index >= 15 is 0 Å². The third-order valence-electron chi connectivity index (χ3n) is 3.57. The lowest BCUT2D eigenvalue weighted by atomic mass is 9.86. The number of benzene rings is 1. The van der Waals surface area contributed by atoms with Gasteiger partial charge in [-0.1, -0.05) is 6.07 Å². The molecule has 3 N–H and O–H groups in total. The lowest BCUT2D eigenvalue weighted by Gasteiger charge is -2.38. The average Bonchev–Trinajstić information content (AvgIpc) is 2.35. The van der Waals surface area contributed by atoms with Crippen molar-refractivity contribution in [1.29, 1.82) is 0 Å². The van der Waals surface area contributed by atoms with Crippen molar-refractivity contribution in [3.8, 4) is 5.75 Å². The Labute approximate surface area is 120 Å². The van der Waals surface area contributed by atoms with E-state index in [1.54, 1.807) is 33.1 Å². The van der Waals surface area contributed by atoms with Gasteiger partial charge in [0.2, 0.25) is 5.91 Å². The molecule has 0 unspecified atom stereocenters. The molecule has 0 atom stereocenters. The summed E-state index contributed by atoms with van der Waals surface area (Å²) in [5.41, 5.74) is -0.820. The lowest BCUT2D eigenvalue weighted by Crippen LogP contribution is -2.57. The second kappa shape index (κ2) is 6.24. The lowest BCUT2D eigenvalue weighted by molar-refractivity contribution is -0.116. The first-order valence-electron chi connectivity index (χ1n) is 6.57. The summed E-state index contributed by atoms with van der Waals surface area (Å²) in [7, 11) is 1.58. The van der Waals surface area contributed by atoms with Gasteiger partial charge < -0.3 is 20.5 Å². The van der Waals surface area contributed by atoms with Crippen LogP contribution in [0.1, 0.15) is 27.7 Å². The molecule has 0 saturated carbocycles. The summed E-state index contributed by atoms with van der Waals surface area (Å²) in [6, 6.07) is 7.16. The number of methoxy groups -OCH3 is 1. The number of rotatable bonds is 6. The second-order valence-corrected chi connectivity index (χ2v) is 5.82. The molecular weight excluding hydrogens is 256 g/mol. The highest BCUT2D eigenvalue weighted by Crippen LogP contribution is 2.20. The van der Waals surface area contributed by atoms with Gasteiger partial charge in [-0.15, -0.1) is 0 Å². The van der Waals surface area contributed by atoms with Gasteiger partial charge in [-0.3, -0.25) is 4.79 Å². The first-order chi connectivity index (χ1) is 9.15. The van der Waals surface area contributed by atoms with Crippen LogP contribution in [0.4, 0.5) is 5.69 Å². The minimum Gasteiger partial charge on any atom is -0.497 e. The van der Waals surface area contributed by atoms with Gasteiger partial charge in [-0.2, -0.15) is 0 Å².